The van der Waals surface area contributed by atoms with Crippen molar-refractivity contribution in [2.24, 2.45) is 0 Å². The molecule has 8 heteroatoms. The van der Waals surface area contributed by atoms with E-state index in [-0.39, 0.29) is 6.61 Å². The third kappa shape index (κ3) is 2.23. The van der Waals surface area contributed by atoms with Crippen molar-refractivity contribution >= 4 is 28.7 Å². The second-order valence-corrected chi connectivity index (χ2v) is 4.16. The predicted octanol–water partition coefficient (Wildman–Crippen LogP) is -0.620. The van der Waals surface area contributed by atoms with Crippen molar-refractivity contribution in [3.63, 3.8) is 0 Å². The van der Waals surface area contributed by atoms with E-state index in [4.69, 9.17) is 10.8 Å². The molecule has 0 radical (unpaired) electrons. The highest BCUT2D eigenvalue weighted by atomic mass is 32.2. The quantitative estimate of drug-likeness (QED) is 0.526. The molecule has 0 saturated heterocycles. The van der Waals surface area contributed by atoms with Crippen LogP contribution in [0.25, 0.3) is 11.2 Å². The summed E-state index contributed by atoms with van der Waals surface area (Å²) in [6.07, 6.45) is 0.580. The molecule has 0 aliphatic heterocycles. The van der Waals surface area contributed by atoms with Gasteiger partial charge < -0.3 is 20.9 Å². The molecule has 2 rings (SSSR count). The van der Waals surface area contributed by atoms with E-state index in [1.165, 1.54) is 18.1 Å². The van der Waals surface area contributed by atoms with Crippen LogP contribution in [0.2, 0.25) is 0 Å². The monoisotopic (exact) mass is 241 g/mol. The lowest BCUT2D eigenvalue weighted by molar-refractivity contribution is 0.113. The number of nitrogens with zero attached hydrogens (tertiary/aromatic N) is 3. The fraction of sp³-hybridized carbons (Fsp3) is 0.375. The number of nitrogens with two attached hydrogens (primary N) is 1. The first-order valence-electron chi connectivity index (χ1n) is 4.58. The van der Waals surface area contributed by atoms with Crippen LogP contribution >= 0.6 is 11.8 Å². The summed E-state index contributed by atoms with van der Waals surface area (Å²) in [7, 11) is 0. The second-order valence-electron chi connectivity index (χ2n) is 3.15. The molecule has 86 valence electrons. The summed E-state index contributed by atoms with van der Waals surface area (Å²) in [5, 5.41) is 18.4. The van der Waals surface area contributed by atoms with Gasteiger partial charge in [-0.2, -0.15) is 0 Å². The van der Waals surface area contributed by atoms with Gasteiger partial charge in [0.15, 0.2) is 16.6 Å². The molecule has 0 aliphatic rings. The van der Waals surface area contributed by atoms with Gasteiger partial charge in [-0.15, -0.1) is 0 Å². The van der Waals surface area contributed by atoms with E-state index < -0.39 is 6.10 Å². The number of aromatic amines is 1. The maximum absolute atomic E-state index is 9.18. The molecular formula is C8H11N5O2S. The molecule has 0 bridgehead atoms. The molecule has 1 atom stereocenters. The van der Waals surface area contributed by atoms with E-state index in [9.17, 15) is 5.11 Å². The Hall–Kier alpha value is -1.38. The van der Waals surface area contributed by atoms with Gasteiger partial charge in [-0.1, -0.05) is 11.8 Å². The van der Waals surface area contributed by atoms with E-state index >= 15 is 0 Å². The van der Waals surface area contributed by atoms with Crippen LogP contribution in [0.3, 0.4) is 0 Å². The first-order valence-corrected chi connectivity index (χ1v) is 5.57. The minimum absolute atomic E-state index is 0.269. The van der Waals surface area contributed by atoms with Gasteiger partial charge in [0.1, 0.15) is 11.8 Å². The predicted molar refractivity (Wildman–Crippen MR) is 59.9 cm³/mol. The largest absolute Gasteiger partial charge is 0.394 e. The molecule has 1 unspecified atom stereocenters. The van der Waals surface area contributed by atoms with Gasteiger partial charge in [-0.25, -0.2) is 15.0 Å². The maximum Gasteiger partial charge on any atom is 0.183 e. The molecule has 0 amide bonds. The number of nitrogens with one attached hydrogen (secondary N) is 1. The lowest BCUT2D eigenvalue weighted by Crippen LogP contribution is -2.14. The first kappa shape index (κ1) is 11.1. The molecular weight excluding hydrogens is 230 g/mol. The SMILES string of the molecule is Nc1ncnc2nc(SCC(O)CO)[nH]c12. The van der Waals surface area contributed by atoms with Crippen LogP contribution in [0.15, 0.2) is 11.5 Å². The van der Waals surface area contributed by atoms with Crippen molar-refractivity contribution in [2.45, 2.75) is 11.3 Å². The number of rotatable bonds is 4. The minimum atomic E-state index is -0.762. The fourth-order valence-electron chi connectivity index (χ4n) is 1.12. The van der Waals surface area contributed by atoms with E-state index in [0.717, 1.165) is 0 Å². The summed E-state index contributed by atoms with van der Waals surface area (Å²) in [4.78, 5) is 14.9. The Balaban J connectivity index is 2.17. The fourth-order valence-corrected chi connectivity index (χ4v) is 1.90. The van der Waals surface area contributed by atoms with Gasteiger partial charge in [-0.05, 0) is 0 Å². The molecule has 16 heavy (non-hydrogen) atoms. The number of nitrogen functional groups attached to an aromatic ring is 1. The molecule has 2 aromatic rings. The number of aromatic nitrogens is 4. The van der Waals surface area contributed by atoms with Gasteiger partial charge >= 0.3 is 0 Å². The van der Waals surface area contributed by atoms with Gasteiger partial charge in [0.25, 0.3) is 0 Å². The molecule has 0 aromatic carbocycles. The summed E-state index contributed by atoms with van der Waals surface area (Å²) < 4.78 is 0. The van der Waals surface area contributed by atoms with Crippen LogP contribution < -0.4 is 5.73 Å². The number of thioether (sulfide) groups is 1. The molecule has 5 N–H and O–H groups in total. The summed E-state index contributed by atoms with van der Waals surface area (Å²) >= 11 is 1.29. The standard InChI is InChI=1S/C8H11N5O2S/c9-6-5-7(11-3-10-6)13-8(12-5)16-2-4(15)1-14/h3-4,14-15H,1-2H2,(H3,9,10,11,12,13). The Morgan fingerprint density at radius 1 is 1.50 bits per heavy atom. The highest BCUT2D eigenvalue weighted by Crippen LogP contribution is 2.20. The zero-order valence-corrected chi connectivity index (χ0v) is 9.11. The molecule has 7 nitrogen and oxygen atoms in total. The average Bonchev–Trinajstić information content (AvgIpc) is 2.70. The zero-order chi connectivity index (χ0) is 11.5. The zero-order valence-electron chi connectivity index (χ0n) is 8.29. The number of hydrogen-bond donors (Lipinski definition) is 4. The Bertz CT molecular complexity index is 488. The van der Waals surface area contributed by atoms with Crippen molar-refractivity contribution in [2.75, 3.05) is 18.1 Å². The lowest BCUT2D eigenvalue weighted by Gasteiger charge is -2.03. The summed E-state index contributed by atoms with van der Waals surface area (Å²) in [6, 6.07) is 0. The number of hydrogen-bond acceptors (Lipinski definition) is 7. The summed E-state index contributed by atoms with van der Waals surface area (Å²) in [5.41, 5.74) is 6.71. The molecule has 0 fully saturated rings. The van der Waals surface area contributed by atoms with Crippen LogP contribution in [0.4, 0.5) is 5.82 Å². The molecule has 0 spiro atoms. The number of fused-ring (bicyclic) bond motifs is 1. The van der Waals surface area contributed by atoms with Gasteiger partial charge in [0.2, 0.25) is 0 Å². The van der Waals surface area contributed by atoms with Crippen LogP contribution in [0, 0.1) is 0 Å². The van der Waals surface area contributed by atoms with E-state index in [1.807, 2.05) is 0 Å². The molecule has 2 aromatic heterocycles. The maximum atomic E-state index is 9.18. The van der Waals surface area contributed by atoms with E-state index in [1.54, 1.807) is 0 Å². The molecule has 0 aliphatic carbocycles. The Morgan fingerprint density at radius 3 is 3.00 bits per heavy atom. The average molecular weight is 241 g/mol. The van der Waals surface area contributed by atoms with Crippen molar-refractivity contribution in [3.05, 3.63) is 6.33 Å². The van der Waals surface area contributed by atoms with Crippen LogP contribution in [0.1, 0.15) is 0 Å². The normalized spacial score (nSPS) is 13.1. The number of imidazole rings is 1. The third-order valence-electron chi connectivity index (χ3n) is 1.92. The van der Waals surface area contributed by atoms with E-state index in [0.29, 0.717) is 27.9 Å². The summed E-state index contributed by atoms with van der Waals surface area (Å²) in [6.45, 7) is -0.269. The highest BCUT2D eigenvalue weighted by molar-refractivity contribution is 7.99. The van der Waals surface area contributed by atoms with Crippen LogP contribution in [-0.2, 0) is 0 Å². The van der Waals surface area contributed by atoms with Crippen molar-refractivity contribution in [1.82, 2.24) is 19.9 Å². The number of anilines is 1. The van der Waals surface area contributed by atoms with Gasteiger partial charge in [0.05, 0.1) is 12.7 Å². The topological polar surface area (TPSA) is 121 Å². The van der Waals surface area contributed by atoms with Crippen LogP contribution in [0.5, 0.6) is 0 Å². The van der Waals surface area contributed by atoms with E-state index in [2.05, 4.69) is 19.9 Å². The highest BCUT2D eigenvalue weighted by Gasteiger charge is 2.09. The Kier molecular flexibility index (Phi) is 3.22. The molecule has 0 saturated carbocycles. The van der Waals surface area contributed by atoms with Crippen molar-refractivity contribution in [1.29, 1.82) is 0 Å². The first-order chi connectivity index (χ1) is 7.70. The van der Waals surface area contributed by atoms with Gasteiger partial charge in [0, 0.05) is 5.75 Å². The van der Waals surface area contributed by atoms with Crippen LogP contribution in [-0.4, -0.2) is 48.6 Å². The van der Waals surface area contributed by atoms with Crippen molar-refractivity contribution in [3.8, 4) is 0 Å². The van der Waals surface area contributed by atoms with Crippen molar-refractivity contribution < 1.29 is 10.2 Å². The molecule has 2 heterocycles. The van der Waals surface area contributed by atoms with Gasteiger partial charge in [-0.3, -0.25) is 0 Å². The Labute approximate surface area is 95.1 Å². The Morgan fingerprint density at radius 2 is 2.31 bits per heavy atom. The summed E-state index contributed by atoms with van der Waals surface area (Å²) in [5.74, 6) is 0.691. The number of aliphatic hydroxyl groups excluding tert-OH is 2. The third-order valence-corrected chi connectivity index (χ3v) is 2.94. The minimum Gasteiger partial charge on any atom is -0.394 e. The smallest absolute Gasteiger partial charge is 0.183 e. The lowest BCUT2D eigenvalue weighted by atomic mass is 10.4. The number of H-pyrrole nitrogens is 1. The second kappa shape index (κ2) is 4.64. The number of aliphatic hydroxyl groups is 2.